The maximum atomic E-state index is 12.5. The Bertz CT molecular complexity index is 1120. The first-order valence-electron chi connectivity index (χ1n) is 9.88. The monoisotopic (exact) mass is 582 g/mol. The van der Waals surface area contributed by atoms with Crippen LogP contribution in [0.2, 0.25) is 0 Å². The Labute approximate surface area is 210 Å². The molecule has 0 bridgehead atoms. The van der Waals surface area contributed by atoms with E-state index in [1.165, 1.54) is 16.7 Å². The van der Waals surface area contributed by atoms with Gasteiger partial charge in [0.25, 0.3) is 11.8 Å². The first-order valence-corrected chi connectivity index (χ1v) is 12.2. The number of hydrogen-bond donors (Lipinski definition) is 1. The number of ether oxygens (including phenoxy) is 2. The molecule has 3 rings (SSSR count). The van der Waals surface area contributed by atoms with Gasteiger partial charge >= 0.3 is 0 Å². The van der Waals surface area contributed by atoms with Crippen molar-refractivity contribution < 1.29 is 19.1 Å². The van der Waals surface area contributed by atoms with Crippen LogP contribution in [0.4, 0.5) is 5.69 Å². The highest BCUT2D eigenvalue weighted by Gasteiger charge is 2.28. The second-order valence-electron chi connectivity index (χ2n) is 7.09. The second-order valence-corrected chi connectivity index (χ2v) is 9.93. The molecule has 1 N–H and O–H groups in total. The summed E-state index contributed by atoms with van der Waals surface area (Å²) in [5, 5.41) is 2.89. The Morgan fingerprint density at radius 3 is 2.69 bits per heavy atom. The normalized spacial score (nSPS) is 14.8. The first kappa shape index (κ1) is 24.5. The van der Waals surface area contributed by atoms with E-state index in [9.17, 15) is 9.59 Å². The minimum absolute atomic E-state index is 0.128. The summed E-state index contributed by atoms with van der Waals surface area (Å²) < 4.78 is 12.9. The Morgan fingerprint density at radius 1 is 1.28 bits per heavy atom. The van der Waals surface area contributed by atoms with E-state index < -0.39 is 0 Å². The molecule has 0 saturated carbocycles. The van der Waals surface area contributed by atoms with E-state index in [4.69, 9.17) is 21.7 Å². The lowest BCUT2D eigenvalue weighted by atomic mass is 10.1. The van der Waals surface area contributed by atoms with Gasteiger partial charge in [-0.15, -0.1) is 0 Å². The van der Waals surface area contributed by atoms with Crippen molar-refractivity contribution in [1.29, 1.82) is 0 Å². The molecule has 1 heterocycles. The molecule has 1 aliphatic rings. The summed E-state index contributed by atoms with van der Waals surface area (Å²) in [6.07, 6.45) is 1.78. The van der Waals surface area contributed by atoms with Gasteiger partial charge in [-0.25, -0.2) is 0 Å². The van der Waals surface area contributed by atoms with Gasteiger partial charge in [0.15, 0.2) is 18.1 Å². The number of nitrogens with one attached hydrogen (secondary N) is 1. The molecule has 168 valence electrons. The van der Waals surface area contributed by atoms with Gasteiger partial charge in [0.2, 0.25) is 0 Å². The summed E-state index contributed by atoms with van der Waals surface area (Å²) >= 11 is 8.59. The summed E-state index contributed by atoms with van der Waals surface area (Å²) in [5.74, 6) is 0.616. The number of hydrogen-bond acceptors (Lipinski definition) is 6. The molecule has 32 heavy (non-hydrogen) atoms. The van der Waals surface area contributed by atoms with Crippen LogP contribution in [0.1, 0.15) is 23.6 Å². The third kappa shape index (κ3) is 5.62. The van der Waals surface area contributed by atoms with Crippen molar-refractivity contribution in [2.75, 3.05) is 25.6 Å². The van der Waals surface area contributed by atoms with E-state index in [1.807, 2.05) is 45.0 Å². The predicted octanol–water partition coefficient (Wildman–Crippen LogP) is 5.16. The van der Waals surface area contributed by atoms with Crippen LogP contribution in [0, 0.1) is 17.4 Å². The van der Waals surface area contributed by atoms with Crippen molar-refractivity contribution in [1.82, 2.24) is 4.90 Å². The number of benzene rings is 2. The van der Waals surface area contributed by atoms with E-state index in [1.54, 1.807) is 19.2 Å². The lowest BCUT2D eigenvalue weighted by Crippen LogP contribution is -2.22. The zero-order valence-corrected chi connectivity index (χ0v) is 21.9. The van der Waals surface area contributed by atoms with Crippen LogP contribution in [-0.2, 0) is 9.59 Å². The lowest BCUT2D eigenvalue weighted by molar-refractivity contribution is -0.121. The highest BCUT2D eigenvalue weighted by molar-refractivity contribution is 14.1. The van der Waals surface area contributed by atoms with E-state index in [0.717, 1.165) is 25.9 Å². The molecule has 2 amide bonds. The average molecular weight is 582 g/mol. The molecule has 0 atom stereocenters. The minimum atomic E-state index is -0.257. The van der Waals surface area contributed by atoms with Crippen LogP contribution in [-0.4, -0.2) is 41.3 Å². The van der Waals surface area contributed by atoms with Gasteiger partial charge in [-0.2, -0.15) is 0 Å². The molecule has 1 saturated heterocycles. The molecular weight excluding hydrogens is 559 g/mol. The maximum absolute atomic E-state index is 12.5. The number of halogens is 1. The molecular formula is C23H23IN2O4S2. The Balaban J connectivity index is 1.78. The number of anilines is 1. The quantitative estimate of drug-likeness (QED) is 0.277. The SMILES string of the molecule is CCOc1cc(/C=C2\SC(=S)N(C)C2=O)cc(I)c1OCC(=O)Nc1cccc(C)c1C. The number of carbonyl (C=O) groups excluding carboxylic acids is 2. The van der Waals surface area contributed by atoms with Gasteiger partial charge in [0, 0.05) is 12.7 Å². The zero-order valence-electron chi connectivity index (χ0n) is 18.2. The highest BCUT2D eigenvalue weighted by atomic mass is 127. The van der Waals surface area contributed by atoms with Crippen LogP contribution in [0.25, 0.3) is 6.08 Å². The third-order valence-corrected chi connectivity index (χ3v) is 7.13. The molecule has 0 unspecified atom stereocenters. The number of thiocarbonyl (C=S) groups is 1. The number of aryl methyl sites for hydroxylation is 1. The van der Waals surface area contributed by atoms with Gasteiger partial charge in [0.05, 0.1) is 15.1 Å². The fourth-order valence-corrected chi connectivity index (χ4v) is 4.94. The molecule has 1 fully saturated rings. The Kier molecular flexibility index (Phi) is 8.18. The summed E-state index contributed by atoms with van der Waals surface area (Å²) in [6.45, 7) is 6.11. The number of amides is 2. The molecule has 2 aromatic rings. The largest absolute Gasteiger partial charge is 0.490 e. The summed E-state index contributed by atoms with van der Waals surface area (Å²) in [5.41, 5.74) is 3.68. The topological polar surface area (TPSA) is 67.9 Å². The van der Waals surface area contributed by atoms with E-state index >= 15 is 0 Å². The minimum Gasteiger partial charge on any atom is -0.490 e. The Morgan fingerprint density at radius 2 is 2.03 bits per heavy atom. The number of thioether (sulfide) groups is 1. The fourth-order valence-electron chi connectivity index (χ4n) is 2.98. The standard InChI is InChI=1S/C23H23IN2O4S2/c1-5-29-18-10-15(11-19-22(28)26(4)23(31)32-19)9-16(24)21(18)30-12-20(27)25-17-8-6-7-13(2)14(17)3/h6-11H,5,12H2,1-4H3,(H,25,27)/b19-11-. The van der Waals surface area contributed by atoms with Crippen molar-refractivity contribution >= 4 is 74.5 Å². The van der Waals surface area contributed by atoms with Gasteiger partial charge in [-0.1, -0.05) is 36.1 Å². The molecule has 1 aliphatic heterocycles. The van der Waals surface area contributed by atoms with Crippen LogP contribution >= 0.6 is 46.6 Å². The summed E-state index contributed by atoms with van der Waals surface area (Å²) in [7, 11) is 1.66. The van der Waals surface area contributed by atoms with E-state index in [-0.39, 0.29) is 18.4 Å². The molecule has 2 aromatic carbocycles. The Hall–Kier alpha value is -2.11. The number of likely N-dealkylation sites (N-methyl/N-ethyl adjacent to an activating group) is 1. The summed E-state index contributed by atoms with van der Waals surface area (Å²) in [4.78, 5) is 26.8. The molecule has 0 spiro atoms. The first-order chi connectivity index (χ1) is 15.2. The van der Waals surface area contributed by atoms with Gasteiger partial charge in [-0.05, 0) is 84.3 Å². The molecule has 0 radical (unpaired) electrons. The van der Waals surface area contributed by atoms with Gasteiger partial charge in [0.1, 0.15) is 4.32 Å². The molecule has 6 nitrogen and oxygen atoms in total. The summed E-state index contributed by atoms with van der Waals surface area (Å²) in [6, 6.07) is 9.44. The number of nitrogens with zero attached hydrogens (tertiary/aromatic N) is 1. The molecule has 0 aromatic heterocycles. The van der Waals surface area contributed by atoms with Crippen molar-refractivity contribution in [3.05, 3.63) is 55.5 Å². The molecule has 9 heteroatoms. The number of rotatable bonds is 7. The van der Waals surface area contributed by atoms with Crippen molar-refractivity contribution in [2.24, 2.45) is 0 Å². The van der Waals surface area contributed by atoms with Crippen LogP contribution in [0.3, 0.4) is 0 Å². The fraction of sp³-hybridized carbons (Fsp3) is 0.261. The van der Waals surface area contributed by atoms with Crippen LogP contribution < -0.4 is 14.8 Å². The van der Waals surface area contributed by atoms with Crippen LogP contribution in [0.15, 0.2) is 35.2 Å². The number of carbonyl (C=O) groups is 2. The van der Waals surface area contributed by atoms with Crippen molar-refractivity contribution in [3.63, 3.8) is 0 Å². The lowest BCUT2D eigenvalue weighted by Gasteiger charge is -2.15. The maximum Gasteiger partial charge on any atom is 0.265 e. The van der Waals surface area contributed by atoms with Crippen LogP contribution in [0.5, 0.6) is 11.5 Å². The highest BCUT2D eigenvalue weighted by Crippen LogP contribution is 2.37. The smallest absolute Gasteiger partial charge is 0.265 e. The second kappa shape index (κ2) is 10.7. The van der Waals surface area contributed by atoms with E-state index in [2.05, 4.69) is 27.9 Å². The average Bonchev–Trinajstić information content (AvgIpc) is 2.97. The van der Waals surface area contributed by atoms with Crippen molar-refractivity contribution in [3.8, 4) is 11.5 Å². The van der Waals surface area contributed by atoms with E-state index in [0.29, 0.717) is 27.3 Å². The van der Waals surface area contributed by atoms with Gasteiger partial charge in [-0.3, -0.25) is 14.5 Å². The molecule has 0 aliphatic carbocycles. The van der Waals surface area contributed by atoms with Gasteiger partial charge < -0.3 is 14.8 Å². The van der Waals surface area contributed by atoms with Crippen molar-refractivity contribution in [2.45, 2.75) is 20.8 Å². The zero-order chi connectivity index (χ0) is 23.4. The third-order valence-electron chi connectivity index (χ3n) is 4.84. The predicted molar refractivity (Wildman–Crippen MR) is 141 cm³/mol.